The van der Waals surface area contributed by atoms with Gasteiger partial charge in [-0.25, -0.2) is 0 Å². The summed E-state index contributed by atoms with van der Waals surface area (Å²) in [7, 11) is -4.43. The lowest BCUT2D eigenvalue weighted by molar-refractivity contribution is -0.132. The quantitative estimate of drug-likeness (QED) is 0.450. The van der Waals surface area contributed by atoms with E-state index in [1.54, 1.807) is 0 Å². The summed E-state index contributed by atoms with van der Waals surface area (Å²) >= 11 is 0. The Bertz CT molecular complexity index is 343. The molecule has 0 saturated heterocycles. The maximum atomic E-state index is 10.7. The van der Waals surface area contributed by atoms with Crippen LogP contribution in [-0.2, 0) is 24.4 Å². The van der Waals surface area contributed by atoms with Crippen LogP contribution in [0.15, 0.2) is 12.0 Å². The van der Waals surface area contributed by atoms with Gasteiger partial charge in [0.25, 0.3) is 16.1 Å². The van der Waals surface area contributed by atoms with Crippen LogP contribution in [0.2, 0.25) is 0 Å². The van der Waals surface area contributed by atoms with Crippen molar-refractivity contribution in [3.63, 3.8) is 0 Å². The Hall–Kier alpha value is -1.12. The summed E-state index contributed by atoms with van der Waals surface area (Å²) < 4.78 is 38.9. The van der Waals surface area contributed by atoms with Crippen molar-refractivity contribution in [3.8, 4) is 0 Å². The summed E-state index contributed by atoms with van der Waals surface area (Å²) in [6.07, 6.45) is -0.568. The fourth-order valence-electron chi connectivity index (χ4n) is 0.961. The summed E-state index contributed by atoms with van der Waals surface area (Å²) in [5, 5.41) is 7.60. The van der Waals surface area contributed by atoms with E-state index < -0.39 is 21.5 Å². The van der Waals surface area contributed by atoms with Gasteiger partial charge in [0.2, 0.25) is 0 Å². The highest BCUT2D eigenvalue weighted by atomic mass is 32.2. The Morgan fingerprint density at radius 1 is 1.64 bits per heavy atom. The van der Waals surface area contributed by atoms with Crippen LogP contribution < -0.4 is 0 Å². The molecule has 0 aromatic rings. The van der Waals surface area contributed by atoms with Crippen LogP contribution in [-0.4, -0.2) is 42.5 Å². The van der Waals surface area contributed by atoms with E-state index in [1.165, 1.54) is 0 Å². The second-order valence-electron chi connectivity index (χ2n) is 2.56. The van der Waals surface area contributed by atoms with Crippen LogP contribution in [0.5, 0.6) is 0 Å². The molecule has 1 rings (SSSR count). The molecule has 14 heavy (non-hydrogen) atoms. The van der Waals surface area contributed by atoms with Gasteiger partial charge in [-0.1, -0.05) is 0 Å². The third-order valence-corrected chi connectivity index (χ3v) is 2.72. The van der Waals surface area contributed by atoms with Crippen molar-refractivity contribution < 1.29 is 32.3 Å². The maximum Gasteiger partial charge on any atom is 0.300 e. The van der Waals surface area contributed by atoms with Crippen molar-refractivity contribution in [1.82, 2.24) is 0 Å². The molecule has 0 saturated carbocycles. The highest BCUT2D eigenvalue weighted by Crippen LogP contribution is 2.17. The van der Waals surface area contributed by atoms with E-state index in [1.807, 2.05) is 0 Å². The van der Waals surface area contributed by atoms with E-state index in [2.05, 4.69) is 9.47 Å². The van der Waals surface area contributed by atoms with Crippen molar-refractivity contribution in [2.45, 2.75) is 11.4 Å². The number of carbonyl (C=O) groups excluding carboxylic acids is 1. The maximum absolute atomic E-state index is 10.7. The predicted octanol–water partition coefficient (Wildman–Crippen LogP) is -1.35. The van der Waals surface area contributed by atoms with E-state index in [0.717, 1.165) is 6.08 Å². The predicted molar refractivity (Wildman–Crippen MR) is 42.5 cm³/mol. The fraction of sp³-hybridized carbons (Fsp3) is 0.500. The zero-order valence-electron chi connectivity index (χ0n) is 6.86. The van der Waals surface area contributed by atoms with Gasteiger partial charge in [-0.15, -0.1) is 0 Å². The summed E-state index contributed by atoms with van der Waals surface area (Å²) in [6.45, 7) is -0.325. The van der Waals surface area contributed by atoms with Gasteiger partial charge in [-0.2, -0.15) is 8.42 Å². The van der Waals surface area contributed by atoms with Gasteiger partial charge in [0, 0.05) is 6.08 Å². The Kier molecular flexibility index (Phi) is 3.09. The molecule has 0 spiro atoms. The molecule has 1 aliphatic heterocycles. The van der Waals surface area contributed by atoms with E-state index in [9.17, 15) is 13.2 Å². The van der Waals surface area contributed by atoms with E-state index >= 15 is 0 Å². The standard InChI is InChI=1S/C6H8O7S/c7-3-13-6-1-5(14(9,10)11)4(8)2-12-6/h1,3-5,8H,2H2,(H,9,10,11)/t4?,5-/m0/s1. The number of hydrogen-bond acceptors (Lipinski definition) is 6. The van der Waals surface area contributed by atoms with Gasteiger partial charge in [-0.05, 0) is 0 Å². The highest BCUT2D eigenvalue weighted by Gasteiger charge is 2.34. The van der Waals surface area contributed by atoms with Crippen LogP contribution in [0.1, 0.15) is 0 Å². The second-order valence-corrected chi connectivity index (χ2v) is 4.13. The molecule has 0 amide bonds. The van der Waals surface area contributed by atoms with Gasteiger partial charge in [0.15, 0.2) is 0 Å². The van der Waals surface area contributed by atoms with E-state index in [4.69, 9.17) is 9.66 Å². The molecule has 1 heterocycles. The first-order chi connectivity index (χ1) is 6.45. The topological polar surface area (TPSA) is 110 Å². The van der Waals surface area contributed by atoms with Gasteiger partial charge in [0.05, 0.1) is 0 Å². The molecule has 80 valence electrons. The first-order valence-corrected chi connectivity index (χ1v) is 5.04. The Balaban J connectivity index is 2.92. The van der Waals surface area contributed by atoms with Crippen LogP contribution >= 0.6 is 0 Å². The van der Waals surface area contributed by atoms with Gasteiger partial charge in [-0.3, -0.25) is 9.35 Å². The molecule has 1 aliphatic rings. The largest absolute Gasteiger partial charge is 0.462 e. The monoisotopic (exact) mass is 224 g/mol. The molecule has 1 unspecified atom stereocenters. The lowest BCUT2D eigenvalue weighted by Gasteiger charge is -2.23. The molecule has 7 nitrogen and oxygen atoms in total. The van der Waals surface area contributed by atoms with Crippen LogP contribution in [0, 0.1) is 0 Å². The zero-order chi connectivity index (χ0) is 10.8. The average Bonchev–Trinajstić information content (AvgIpc) is 2.07. The summed E-state index contributed by atoms with van der Waals surface area (Å²) in [6, 6.07) is 0. The Labute approximate surface area is 79.7 Å². The van der Waals surface area contributed by atoms with Crippen molar-refractivity contribution in [2.75, 3.05) is 6.61 Å². The number of aliphatic hydroxyl groups is 1. The van der Waals surface area contributed by atoms with Gasteiger partial charge in [0.1, 0.15) is 18.0 Å². The van der Waals surface area contributed by atoms with Crippen molar-refractivity contribution in [1.29, 1.82) is 0 Å². The zero-order valence-corrected chi connectivity index (χ0v) is 7.68. The molecule has 2 N–H and O–H groups in total. The number of carbonyl (C=O) groups is 1. The molecule has 0 radical (unpaired) electrons. The normalized spacial score (nSPS) is 27.4. The third kappa shape index (κ3) is 2.44. The van der Waals surface area contributed by atoms with Crippen molar-refractivity contribution in [3.05, 3.63) is 12.0 Å². The minimum absolute atomic E-state index is 0.0462. The third-order valence-electron chi connectivity index (χ3n) is 1.58. The molecule has 0 aromatic heterocycles. The summed E-state index contributed by atoms with van der Waals surface area (Å²) in [5.41, 5.74) is 0. The molecule has 8 heteroatoms. The van der Waals surface area contributed by atoms with Crippen LogP contribution in [0.4, 0.5) is 0 Å². The first kappa shape index (κ1) is 11.0. The molecule has 0 aliphatic carbocycles. The molecule has 0 bridgehead atoms. The minimum Gasteiger partial charge on any atom is -0.462 e. The Morgan fingerprint density at radius 3 is 2.79 bits per heavy atom. The number of aliphatic hydroxyl groups excluding tert-OH is 1. The first-order valence-electron chi connectivity index (χ1n) is 3.54. The van der Waals surface area contributed by atoms with E-state index in [0.29, 0.717) is 0 Å². The van der Waals surface area contributed by atoms with Gasteiger partial charge >= 0.3 is 6.47 Å². The Morgan fingerprint density at radius 2 is 2.29 bits per heavy atom. The smallest absolute Gasteiger partial charge is 0.300 e. The summed E-state index contributed by atoms with van der Waals surface area (Å²) in [5.74, 6) is -0.354. The van der Waals surface area contributed by atoms with Crippen molar-refractivity contribution in [2.24, 2.45) is 0 Å². The van der Waals surface area contributed by atoms with Crippen LogP contribution in [0.25, 0.3) is 0 Å². The lowest BCUT2D eigenvalue weighted by atomic mass is 10.2. The SMILES string of the molecule is O=COC1=C[C@H](S(=O)(=O)O)C(O)CO1. The molecule has 2 atom stereocenters. The molecular formula is C6H8O7S. The lowest BCUT2D eigenvalue weighted by Crippen LogP contribution is -2.39. The highest BCUT2D eigenvalue weighted by molar-refractivity contribution is 7.86. The minimum atomic E-state index is -4.43. The number of ether oxygens (including phenoxy) is 2. The van der Waals surface area contributed by atoms with Gasteiger partial charge < -0.3 is 14.6 Å². The molecular weight excluding hydrogens is 216 g/mol. The average molecular weight is 224 g/mol. The molecule has 0 aromatic carbocycles. The van der Waals surface area contributed by atoms with E-state index in [-0.39, 0.29) is 19.0 Å². The van der Waals surface area contributed by atoms with Crippen LogP contribution in [0.3, 0.4) is 0 Å². The summed E-state index contributed by atoms with van der Waals surface area (Å²) in [4.78, 5) is 9.89. The second kappa shape index (κ2) is 3.95. The van der Waals surface area contributed by atoms with Crippen molar-refractivity contribution >= 4 is 16.6 Å². The molecule has 0 fully saturated rings. The fourth-order valence-corrected chi connectivity index (χ4v) is 1.72. The number of hydrogen-bond donors (Lipinski definition) is 2. The number of rotatable bonds is 3.